The summed E-state index contributed by atoms with van der Waals surface area (Å²) >= 11 is 0. The number of carbonyl (C=O) groups excluding carboxylic acids is 4. The molecule has 0 saturated carbocycles. The molecule has 1 aliphatic heterocycles. The smallest absolute Gasteiger partial charge is 0.353 e. The number of amides is 3. The predicted molar refractivity (Wildman–Crippen MR) is 118 cm³/mol. The van der Waals surface area contributed by atoms with E-state index in [0.29, 0.717) is 12.1 Å². The zero-order chi connectivity index (χ0) is 23.4. The number of benzene rings is 2. The maximum atomic E-state index is 13.0. The van der Waals surface area contributed by atoms with Gasteiger partial charge in [0.1, 0.15) is 11.4 Å². The van der Waals surface area contributed by atoms with Crippen LogP contribution in [-0.2, 0) is 32.2 Å². The number of carbonyl (C=O) groups is 4. The van der Waals surface area contributed by atoms with Gasteiger partial charge in [0.05, 0.1) is 13.7 Å². The van der Waals surface area contributed by atoms with Crippen LogP contribution in [0.4, 0.5) is 0 Å². The minimum atomic E-state index is -0.788. The molecule has 3 amide bonds. The molecule has 2 aromatic rings. The maximum absolute atomic E-state index is 13.0. The topological polar surface area (TPSA) is 105 Å². The van der Waals surface area contributed by atoms with Gasteiger partial charge >= 0.3 is 5.97 Å². The molecule has 8 nitrogen and oxygen atoms in total. The SMILES string of the molecule is C=C(NC(=O)C(=C)N1Cc2c(cccc2-c2cccc(CNC(C)=O)c2)C1=O)C(=O)OC. The van der Waals surface area contributed by atoms with Gasteiger partial charge in [-0.2, -0.15) is 0 Å². The van der Waals surface area contributed by atoms with Crippen molar-refractivity contribution in [2.24, 2.45) is 0 Å². The standard InChI is InChI=1S/C24H23N3O5/c1-14(24(31)32-4)26-22(29)15(2)27-13-21-19(9-6-10-20(21)23(27)30)18-8-5-7-17(11-18)12-25-16(3)28/h5-11H,1-2,12-13H2,3-4H3,(H,25,28)(H,26,29). The van der Waals surface area contributed by atoms with Crippen molar-refractivity contribution in [3.63, 3.8) is 0 Å². The Labute approximate surface area is 185 Å². The highest BCUT2D eigenvalue weighted by molar-refractivity contribution is 6.07. The van der Waals surface area contributed by atoms with Crippen molar-refractivity contribution in [3.8, 4) is 11.1 Å². The summed E-state index contributed by atoms with van der Waals surface area (Å²) in [5.41, 5.74) is 3.51. The second-order valence-electron chi connectivity index (χ2n) is 7.20. The molecule has 0 radical (unpaired) electrons. The highest BCUT2D eigenvalue weighted by Gasteiger charge is 2.33. The van der Waals surface area contributed by atoms with Gasteiger partial charge in [-0.3, -0.25) is 19.3 Å². The first-order valence-corrected chi connectivity index (χ1v) is 9.78. The zero-order valence-corrected chi connectivity index (χ0v) is 17.9. The summed E-state index contributed by atoms with van der Waals surface area (Å²) < 4.78 is 4.51. The van der Waals surface area contributed by atoms with E-state index in [9.17, 15) is 19.2 Å². The second kappa shape index (κ2) is 9.30. The molecule has 0 fully saturated rings. The van der Waals surface area contributed by atoms with Gasteiger partial charge in [0.15, 0.2) is 0 Å². The summed E-state index contributed by atoms with van der Waals surface area (Å²) in [6, 6.07) is 13.0. The van der Waals surface area contributed by atoms with Crippen LogP contribution < -0.4 is 10.6 Å². The minimum absolute atomic E-state index is 0.110. The average Bonchev–Trinajstić information content (AvgIpc) is 3.13. The van der Waals surface area contributed by atoms with E-state index in [2.05, 4.69) is 28.5 Å². The van der Waals surface area contributed by atoms with Crippen LogP contribution in [0.3, 0.4) is 0 Å². The fraction of sp³-hybridized carbons (Fsp3) is 0.167. The first-order chi connectivity index (χ1) is 15.2. The van der Waals surface area contributed by atoms with Crippen LogP contribution in [0.15, 0.2) is 67.0 Å². The van der Waals surface area contributed by atoms with Crippen molar-refractivity contribution in [1.82, 2.24) is 15.5 Å². The molecule has 2 N–H and O–H groups in total. The zero-order valence-electron chi connectivity index (χ0n) is 17.9. The Hall–Kier alpha value is -4.20. The molecule has 0 aliphatic carbocycles. The van der Waals surface area contributed by atoms with Crippen LogP contribution in [0, 0.1) is 0 Å². The van der Waals surface area contributed by atoms with Gasteiger partial charge in [-0.25, -0.2) is 4.79 Å². The lowest BCUT2D eigenvalue weighted by Crippen LogP contribution is -2.36. The van der Waals surface area contributed by atoms with Gasteiger partial charge < -0.3 is 15.4 Å². The summed E-state index contributed by atoms with van der Waals surface area (Å²) in [5.74, 6) is -1.99. The van der Waals surface area contributed by atoms with E-state index >= 15 is 0 Å². The van der Waals surface area contributed by atoms with Gasteiger partial charge in [0, 0.05) is 19.0 Å². The molecule has 8 heteroatoms. The molecule has 0 saturated heterocycles. The molecular weight excluding hydrogens is 410 g/mol. The maximum Gasteiger partial charge on any atom is 0.353 e. The molecule has 32 heavy (non-hydrogen) atoms. The minimum Gasteiger partial charge on any atom is -0.464 e. The predicted octanol–water partition coefficient (Wildman–Crippen LogP) is 2.26. The van der Waals surface area contributed by atoms with Gasteiger partial charge in [0.2, 0.25) is 5.91 Å². The van der Waals surface area contributed by atoms with E-state index < -0.39 is 11.9 Å². The molecular formula is C24H23N3O5. The fourth-order valence-corrected chi connectivity index (χ4v) is 3.40. The molecule has 0 unspecified atom stereocenters. The molecule has 0 spiro atoms. The monoisotopic (exact) mass is 433 g/mol. The molecule has 2 aromatic carbocycles. The molecule has 1 heterocycles. The van der Waals surface area contributed by atoms with Crippen LogP contribution >= 0.6 is 0 Å². The Balaban J connectivity index is 1.85. The summed E-state index contributed by atoms with van der Waals surface area (Å²) in [5, 5.41) is 5.06. The number of nitrogens with zero attached hydrogens (tertiary/aromatic N) is 1. The average molecular weight is 433 g/mol. The Morgan fingerprint density at radius 1 is 1.09 bits per heavy atom. The van der Waals surface area contributed by atoms with E-state index in [1.165, 1.54) is 18.9 Å². The van der Waals surface area contributed by atoms with E-state index in [1.807, 2.05) is 30.3 Å². The van der Waals surface area contributed by atoms with Crippen LogP contribution in [0.1, 0.15) is 28.4 Å². The first kappa shape index (κ1) is 22.5. The first-order valence-electron chi connectivity index (χ1n) is 9.78. The highest BCUT2D eigenvalue weighted by atomic mass is 16.5. The fourth-order valence-electron chi connectivity index (χ4n) is 3.40. The number of hydrogen-bond donors (Lipinski definition) is 2. The van der Waals surface area contributed by atoms with Crippen molar-refractivity contribution < 1.29 is 23.9 Å². The highest BCUT2D eigenvalue weighted by Crippen LogP contribution is 2.34. The Bertz CT molecular complexity index is 1150. The summed E-state index contributed by atoms with van der Waals surface area (Å²) in [4.78, 5) is 49.4. The Morgan fingerprint density at radius 2 is 1.78 bits per heavy atom. The summed E-state index contributed by atoms with van der Waals surface area (Å²) in [6.45, 7) is 9.17. The van der Waals surface area contributed by atoms with Crippen molar-refractivity contribution in [2.45, 2.75) is 20.0 Å². The summed E-state index contributed by atoms with van der Waals surface area (Å²) in [6.07, 6.45) is 0. The van der Waals surface area contributed by atoms with E-state index in [-0.39, 0.29) is 29.8 Å². The Kier molecular flexibility index (Phi) is 6.53. The normalized spacial score (nSPS) is 12.1. The molecule has 0 bridgehead atoms. The van der Waals surface area contributed by atoms with Crippen LogP contribution in [0.5, 0.6) is 0 Å². The van der Waals surface area contributed by atoms with Crippen molar-refractivity contribution >= 4 is 23.7 Å². The van der Waals surface area contributed by atoms with E-state index in [1.54, 1.807) is 12.1 Å². The lowest BCUT2D eigenvalue weighted by molar-refractivity contribution is -0.137. The number of methoxy groups -OCH3 is 1. The number of ether oxygens (including phenoxy) is 1. The number of hydrogen-bond acceptors (Lipinski definition) is 5. The number of fused-ring (bicyclic) bond motifs is 1. The van der Waals surface area contributed by atoms with Gasteiger partial charge in [-0.15, -0.1) is 0 Å². The number of esters is 1. The van der Waals surface area contributed by atoms with E-state index in [4.69, 9.17) is 0 Å². The van der Waals surface area contributed by atoms with Crippen LogP contribution in [0.2, 0.25) is 0 Å². The quantitative estimate of drug-likeness (QED) is 0.515. The van der Waals surface area contributed by atoms with Gasteiger partial charge in [-0.05, 0) is 34.4 Å². The van der Waals surface area contributed by atoms with Crippen molar-refractivity contribution in [1.29, 1.82) is 0 Å². The van der Waals surface area contributed by atoms with Crippen molar-refractivity contribution in [2.75, 3.05) is 7.11 Å². The van der Waals surface area contributed by atoms with Crippen LogP contribution in [0.25, 0.3) is 11.1 Å². The van der Waals surface area contributed by atoms with Gasteiger partial charge in [0.25, 0.3) is 11.8 Å². The molecule has 1 aliphatic rings. The summed E-state index contributed by atoms with van der Waals surface area (Å²) in [7, 11) is 1.17. The third-order valence-electron chi connectivity index (χ3n) is 5.03. The van der Waals surface area contributed by atoms with Crippen LogP contribution in [-0.4, -0.2) is 35.7 Å². The van der Waals surface area contributed by atoms with E-state index in [0.717, 1.165) is 22.3 Å². The Morgan fingerprint density at radius 3 is 2.47 bits per heavy atom. The largest absolute Gasteiger partial charge is 0.464 e. The second-order valence-corrected chi connectivity index (χ2v) is 7.20. The third-order valence-corrected chi connectivity index (χ3v) is 5.03. The third kappa shape index (κ3) is 4.59. The van der Waals surface area contributed by atoms with Crippen molar-refractivity contribution in [3.05, 3.63) is 83.7 Å². The molecule has 3 rings (SSSR count). The van der Waals surface area contributed by atoms with Gasteiger partial charge in [-0.1, -0.05) is 43.5 Å². The molecule has 164 valence electrons. The lowest BCUT2D eigenvalue weighted by atomic mass is 9.96. The lowest BCUT2D eigenvalue weighted by Gasteiger charge is -2.18. The number of nitrogens with one attached hydrogen (secondary N) is 2. The number of rotatable bonds is 7. The molecule has 0 aromatic heterocycles. The molecule has 0 atom stereocenters.